The van der Waals surface area contributed by atoms with Crippen LogP contribution in [0.15, 0.2) is 48.5 Å². The first kappa shape index (κ1) is 16.1. The van der Waals surface area contributed by atoms with Gasteiger partial charge in [-0.1, -0.05) is 61.2 Å². The molecule has 1 aliphatic carbocycles. The first-order valence-electron chi connectivity index (χ1n) is 8.73. The fourth-order valence-electron chi connectivity index (χ4n) is 3.10. The fraction of sp³-hybridized carbons (Fsp3) is 0.429. The molecule has 0 atom stereocenters. The highest BCUT2D eigenvalue weighted by atomic mass is 16.5. The van der Waals surface area contributed by atoms with Crippen LogP contribution < -0.4 is 4.74 Å². The molecule has 2 heteroatoms. The molecule has 0 bridgehead atoms. The first-order valence-corrected chi connectivity index (χ1v) is 8.73. The zero-order chi connectivity index (χ0) is 15.9. The highest BCUT2D eigenvalue weighted by molar-refractivity contribution is 5.64. The lowest BCUT2D eigenvalue weighted by atomic mass is 9.98. The smallest absolute Gasteiger partial charge is 0.119 e. The van der Waals surface area contributed by atoms with Crippen molar-refractivity contribution in [3.05, 3.63) is 54.1 Å². The molecule has 2 aromatic rings. The van der Waals surface area contributed by atoms with Crippen molar-refractivity contribution in [2.75, 3.05) is 13.2 Å². The quantitative estimate of drug-likeness (QED) is 0.666. The van der Waals surface area contributed by atoms with Crippen LogP contribution >= 0.6 is 0 Å². The van der Waals surface area contributed by atoms with E-state index in [0.29, 0.717) is 19.3 Å². The predicted molar refractivity (Wildman–Crippen MR) is 94.9 cm³/mol. The van der Waals surface area contributed by atoms with Crippen LogP contribution in [0.2, 0.25) is 0 Å². The molecule has 1 aliphatic rings. The predicted octanol–water partition coefficient (Wildman–Crippen LogP) is 5.39. The fourth-order valence-corrected chi connectivity index (χ4v) is 3.10. The molecule has 0 saturated heterocycles. The van der Waals surface area contributed by atoms with Crippen LogP contribution in [0.3, 0.4) is 0 Å². The van der Waals surface area contributed by atoms with Crippen molar-refractivity contribution in [3.8, 4) is 16.9 Å². The van der Waals surface area contributed by atoms with Crippen molar-refractivity contribution in [1.82, 2.24) is 0 Å². The summed E-state index contributed by atoms with van der Waals surface area (Å²) in [4.78, 5) is 0. The average Bonchev–Trinajstić information content (AvgIpc) is 2.61. The molecule has 2 aromatic carbocycles. The van der Waals surface area contributed by atoms with Crippen LogP contribution in [0.1, 0.15) is 37.7 Å². The minimum atomic E-state index is 0.455. The molecular weight excluding hydrogens is 284 g/mol. The zero-order valence-electron chi connectivity index (χ0n) is 14.0. The molecule has 0 radical (unpaired) electrons. The van der Waals surface area contributed by atoms with E-state index in [-0.39, 0.29) is 0 Å². The van der Waals surface area contributed by atoms with Gasteiger partial charge in [-0.05, 0) is 43.0 Å². The van der Waals surface area contributed by atoms with E-state index in [1.54, 1.807) is 0 Å². The Balaban J connectivity index is 1.45. The second-order valence-electron chi connectivity index (χ2n) is 6.37. The summed E-state index contributed by atoms with van der Waals surface area (Å²) in [6.45, 7) is 3.42. The van der Waals surface area contributed by atoms with E-state index in [4.69, 9.17) is 9.47 Å². The molecule has 1 saturated carbocycles. The Kier molecular flexibility index (Phi) is 5.71. The largest absolute Gasteiger partial charge is 0.491 e. The molecule has 0 unspecified atom stereocenters. The maximum Gasteiger partial charge on any atom is 0.119 e. The summed E-state index contributed by atoms with van der Waals surface area (Å²) in [7, 11) is 0. The monoisotopic (exact) mass is 310 g/mol. The van der Waals surface area contributed by atoms with Crippen LogP contribution in [0.25, 0.3) is 11.1 Å². The molecule has 1 fully saturated rings. The summed E-state index contributed by atoms with van der Waals surface area (Å²) in [6, 6.07) is 16.9. The number of rotatable bonds is 6. The Morgan fingerprint density at radius 3 is 2.04 bits per heavy atom. The Morgan fingerprint density at radius 2 is 1.39 bits per heavy atom. The van der Waals surface area contributed by atoms with Gasteiger partial charge >= 0.3 is 0 Å². The highest BCUT2D eigenvalue weighted by Crippen LogP contribution is 2.23. The van der Waals surface area contributed by atoms with Crippen molar-refractivity contribution in [1.29, 1.82) is 0 Å². The molecular formula is C21H26O2. The van der Waals surface area contributed by atoms with E-state index >= 15 is 0 Å². The summed E-state index contributed by atoms with van der Waals surface area (Å²) < 4.78 is 11.7. The first-order chi connectivity index (χ1) is 11.3. The average molecular weight is 310 g/mol. The standard InChI is InChI=1S/C21H26O2/c1-17-7-9-18(10-8-17)19-11-13-21(14-12-19)23-16-15-22-20-5-3-2-4-6-20/h7-14,20H,2-6,15-16H2,1H3. The lowest BCUT2D eigenvalue weighted by Crippen LogP contribution is -2.19. The minimum absolute atomic E-state index is 0.455. The molecule has 0 heterocycles. The van der Waals surface area contributed by atoms with Crippen LogP contribution in [0, 0.1) is 6.92 Å². The van der Waals surface area contributed by atoms with E-state index < -0.39 is 0 Å². The van der Waals surface area contributed by atoms with Crippen molar-refractivity contribution in [2.24, 2.45) is 0 Å². The summed E-state index contributed by atoms with van der Waals surface area (Å²) in [5.74, 6) is 0.910. The number of ether oxygens (including phenoxy) is 2. The van der Waals surface area contributed by atoms with Gasteiger partial charge in [-0.2, -0.15) is 0 Å². The van der Waals surface area contributed by atoms with E-state index in [0.717, 1.165) is 5.75 Å². The SMILES string of the molecule is Cc1ccc(-c2ccc(OCCOC3CCCCC3)cc2)cc1. The van der Waals surface area contributed by atoms with E-state index in [2.05, 4.69) is 43.3 Å². The summed E-state index contributed by atoms with van der Waals surface area (Å²) in [5.41, 5.74) is 3.74. The molecule has 0 aliphatic heterocycles. The van der Waals surface area contributed by atoms with Gasteiger partial charge in [0.2, 0.25) is 0 Å². The number of benzene rings is 2. The molecule has 23 heavy (non-hydrogen) atoms. The van der Waals surface area contributed by atoms with Gasteiger partial charge in [-0.3, -0.25) is 0 Å². The van der Waals surface area contributed by atoms with Gasteiger partial charge in [0.1, 0.15) is 12.4 Å². The number of aryl methyl sites for hydroxylation is 1. The summed E-state index contributed by atoms with van der Waals surface area (Å²) in [6.07, 6.45) is 6.87. The third-order valence-electron chi connectivity index (χ3n) is 4.50. The normalized spacial score (nSPS) is 15.5. The van der Waals surface area contributed by atoms with Crippen LogP contribution in [0.5, 0.6) is 5.75 Å². The molecule has 0 aromatic heterocycles. The topological polar surface area (TPSA) is 18.5 Å². The minimum Gasteiger partial charge on any atom is -0.491 e. The van der Waals surface area contributed by atoms with E-state index in [1.165, 1.54) is 48.8 Å². The third-order valence-corrected chi connectivity index (χ3v) is 4.50. The van der Waals surface area contributed by atoms with Crippen LogP contribution in [0.4, 0.5) is 0 Å². The Bertz CT molecular complexity index is 580. The van der Waals surface area contributed by atoms with Gasteiger partial charge < -0.3 is 9.47 Å². The molecule has 3 rings (SSSR count). The molecule has 122 valence electrons. The molecule has 2 nitrogen and oxygen atoms in total. The van der Waals surface area contributed by atoms with Gasteiger partial charge in [0.15, 0.2) is 0 Å². The lowest BCUT2D eigenvalue weighted by Gasteiger charge is -2.21. The Morgan fingerprint density at radius 1 is 0.783 bits per heavy atom. The summed E-state index contributed by atoms with van der Waals surface area (Å²) >= 11 is 0. The van der Waals surface area contributed by atoms with Gasteiger partial charge in [0.25, 0.3) is 0 Å². The maximum atomic E-state index is 5.88. The van der Waals surface area contributed by atoms with Crippen molar-refractivity contribution in [2.45, 2.75) is 45.1 Å². The second kappa shape index (κ2) is 8.16. The molecule has 0 N–H and O–H groups in total. The lowest BCUT2D eigenvalue weighted by molar-refractivity contribution is 0.0129. The van der Waals surface area contributed by atoms with Gasteiger partial charge in [-0.15, -0.1) is 0 Å². The van der Waals surface area contributed by atoms with Crippen LogP contribution in [-0.4, -0.2) is 19.3 Å². The Labute approximate surface area is 139 Å². The van der Waals surface area contributed by atoms with E-state index in [1.807, 2.05) is 12.1 Å². The van der Waals surface area contributed by atoms with E-state index in [9.17, 15) is 0 Å². The van der Waals surface area contributed by atoms with Crippen molar-refractivity contribution in [3.63, 3.8) is 0 Å². The highest BCUT2D eigenvalue weighted by Gasteiger charge is 2.13. The molecule has 0 spiro atoms. The van der Waals surface area contributed by atoms with Gasteiger partial charge in [-0.25, -0.2) is 0 Å². The van der Waals surface area contributed by atoms with Crippen molar-refractivity contribution >= 4 is 0 Å². The number of hydrogen-bond donors (Lipinski definition) is 0. The maximum absolute atomic E-state index is 5.88. The second-order valence-corrected chi connectivity index (χ2v) is 6.37. The van der Waals surface area contributed by atoms with Gasteiger partial charge in [0.05, 0.1) is 12.7 Å². The Hall–Kier alpha value is -1.80. The zero-order valence-corrected chi connectivity index (χ0v) is 14.0. The third kappa shape index (κ3) is 4.84. The molecule has 0 amide bonds. The number of hydrogen-bond acceptors (Lipinski definition) is 2. The van der Waals surface area contributed by atoms with Crippen molar-refractivity contribution < 1.29 is 9.47 Å². The summed E-state index contributed by atoms with van der Waals surface area (Å²) in [5, 5.41) is 0. The van der Waals surface area contributed by atoms with Crippen LogP contribution in [-0.2, 0) is 4.74 Å². The van der Waals surface area contributed by atoms with Gasteiger partial charge in [0, 0.05) is 0 Å².